The van der Waals surface area contributed by atoms with Crippen LogP contribution < -0.4 is 15.1 Å². The third-order valence-corrected chi connectivity index (χ3v) is 4.34. The number of halogens is 1. The summed E-state index contributed by atoms with van der Waals surface area (Å²) in [5.41, 5.74) is 1.19. The third-order valence-electron chi connectivity index (χ3n) is 3.77. The molecule has 0 unspecified atom stereocenters. The van der Waals surface area contributed by atoms with Crippen molar-refractivity contribution in [2.45, 2.75) is 6.92 Å². The van der Waals surface area contributed by atoms with Gasteiger partial charge in [0.1, 0.15) is 11.3 Å². The standard InChI is InChI=1S/C18H16BrN3O4/c1-10-4-6-11(7-5-10)22-16(24)13(15(23)20-18(22)25)8-12-9-14(19)17(26-12)21(2)3/h4-9H,1-3H3,(H,20,23,25)/b13-8+. The summed E-state index contributed by atoms with van der Waals surface area (Å²) in [6.07, 6.45) is 1.32. The highest BCUT2D eigenvalue weighted by Gasteiger charge is 2.37. The predicted octanol–water partition coefficient (Wildman–Crippen LogP) is 3.08. The first-order chi connectivity index (χ1) is 12.3. The minimum Gasteiger partial charge on any atom is -0.440 e. The van der Waals surface area contributed by atoms with E-state index in [1.807, 2.05) is 6.92 Å². The molecule has 3 rings (SSSR count). The van der Waals surface area contributed by atoms with E-state index in [0.29, 0.717) is 21.8 Å². The normalized spacial score (nSPS) is 16.2. The molecule has 2 aromatic rings. The van der Waals surface area contributed by atoms with E-state index in [1.54, 1.807) is 49.3 Å². The number of carbonyl (C=O) groups is 3. The fourth-order valence-electron chi connectivity index (χ4n) is 2.48. The molecule has 0 spiro atoms. The van der Waals surface area contributed by atoms with E-state index >= 15 is 0 Å². The molecule has 7 nitrogen and oxygen atoms in total. The zero-order valence-corrected chi connectivity index (χ0v) is 16.0. The Morgan fingerprint density at radius 3 is 2.38 bits per heavy atom. The van der Waals surface area contributed by atoms with Crippen LogP contribution in [0.25, 0.3) is 6.08 Å². The van der Waals surface area contributed by atoms with Gasteiger partial charge in [-0.3, -0.25) is 14.9 Å². The number of rotatable bonds is 3. The number of nitrogens with zero attached hydrogens (tertiary/aromatic N) is 2. The summed E-state index contributed by atoms with van der Waals surface area (Å²) in [5.74, 6) is -0.604. The molecule has 1 fully saturated rings. The van der Waals surface area contributed by atoms with E-state index in [4.69, 9.17) is 4.42 Å². The van der Waals surface area contributed by atoms with Gasteiger partial charge in [0.05, 0.1) is 10.2 Å². The fourth-order valence-corrected chi connectivity index (χ4v) is 3.14. The van der Waals surface area contributed by atoms with Crippen LogP contribution in [-0.4, -0.2) is 31.9 Å². The second kappa shape index (κ2) is 6.80. The van der Waals surface area contributed by atoms with Gasteiger partial charge in [0.25, 0.3) is 11.8 Å². The van der Waals surface area contributed by atoms with Gasteiger partial charge in [-0.1, -0.05) is 17.7 Å². The van der Waals surface area contributed by atoms with Crippen LogP contribution in [0, 0.1) is 6.92 Å². The predicted molar refractivity (Wildman–Crippen MR) is 101 cm³/mol. The van der Waals surface area contributed by atoms with Gasteiger partial charge >= 0.3 is 6.03 Å². The van der Waals surface area contributed by atoms with Crippen LogP contribution in [-0.2, 0) is 9.59 Å². The minimum absolute atomic E-state index is 0.184. The average Bonchev–Trinajstić information content (AvgIpc) is 2.94. The summed E-state index contributed by atoms with van der Waals surface area (Å²) in [4.78, 5) is 39.8. The van der Waals surface area contributed by atoms with E-state index in [0.717, 1.165) is 10.5 Å². The number of hydrogen-bond acceptors (Lipinski definition) is 5. The molecule has 2 heterocycles. The van der Waals surface area contributed by atoms with Gasteiger partial charge in [0.15, 0.2) is 0 Å². The highest BCUT2D eigenvalue weighted by atomic mass is 79.9. The molecule has 1 N–H and O–H groups in total. The van der Waals surface area contributed by atoms with Crippen LogP contribution in [0.1, 0.15) is 11.3 Å². The topological polar surface area (TPSA) is 82.9 Å². The zero-order valence-electron chi connectivity index (χ0n) is 14.4. The van der Waals surface area contributed by atoms with Crippen molar-refractivity contribution in [3.8, 4) is 0 Å². The number of urea groups is 1. The van der Waals surface area contributed by atoms with Crippen LogP contribution in [0.5, 0.6) is 0 Å². The number of hydrogen-bond donors (Lipinski definition) is 1. The number of furan rings is 1. The van der Waals surface area contributed by atoms with Gasteiger partial charge in [-0.05, 0) is 41.1 Å². The number of anilines is 2. The number of benzene rings is 1. The lowest BCUT2D eigenvalue weighted by atomic mass is 10.1. The molecule has 0 radical (unpaired) electrons. The number of carbonyl (C=O) groups excluding carboxylic acids is 3. The van der Waals surface area contributed by atoms with Crippen LogP contribution in [0.4, 0.5) is 16.4 Å². The molecule has 0 atom stereocenters. The quantitative estimate of drug-likeness (QED) is 0.612. The lowest BCUT2D eigenvalue weighted by Crippen LogP contribution is -2.54. The molecule has 26 heavy (non-hydrogen) atoms. The summed E-state index contributed by atoms with van der Waals surface area (Å²) in [6, 6.07) is 7.72. The molecule has 1 aromatic heterocycles. The third kappa shape index (κ3) is 3.28. The van der Waals surface area contributed by atoms with Gasteiger partial charge in [-0.2, -0.15) is 0 Å². The molecule has 1 saturated heterocycles. The first-order valence-corrected chi connectivity index (χ1v) is 8.52. The van der Waals surface area contributed by atoms with Crippen molar-refractivity contribution in [2.24, 2.45) is 0 Å². The Morgan fingerprint density at radius 1 is 1.15 bits per heavy atom. The molecule has 0 aliphatic carbocycles. The van der Waals surface area contributed by atoms with E-state index in [-0.39, 0.29) is 5.57 Å². The minimum atomic E-state index is -0.782. The van der Waals surface area contributed by atoms with Gasteiger partial charge in [-0.25, -0.2) is 9.69 Å². The maximum Gasteiger partial charge on any atom is 0.335 e. The number of aryl methyl sites for hydroxylation is 1. The lowest BCUT2D eigenvalue weighted by molar-refractivity contribution is -0.122. The second-order valence-electron chi connectivity index (χ2n) is 5.99. The molecule has 1 aliphatic rings. The highest BCUT2D eigenvalue weighted by Crippen LogP contribution is 2.30. The van der Waals surface area contributed by atoms with Crippen LogP contribution >= 0.6 is 15.9 Å². The maximum absolute atomic E-state index is 12.8. The molecular formula is C18H16BrN3O4. The molecule has 1 aliphatic heterocycles. The SMILES string of the molecule is Cc1ccc(N2C(=O)NC(=O)/C(=C\c3cc(Br)c(N(C)C)o3)C2=O)cc1. The summed E-state index contributed by atoms with van der Waals surface area (Å²) >= 11 is 3.36. The van der Waals surface area contributed by atoms with Crippen LogP contribution in [0.3, 0.4) is 0 Å². The highest BCUT2D eigenvalue weighted by molar-refractivity contribution is 9.10. The second-order valence-corrected chi connectivity index (χ2v) is 6.84. The summed E-state index contributed by atoms with van der Waals surface area (Å²) in [7, 11) is 3.60. The van der Waals surface area contributed by atoms with Crippen molar-refractivity contribution in [3.63, 3.8) is 0 Å². The number of barbiturate groups is 1. The molecule has 134 valence electrons. The summed E-state index contributed by atoms with van der Waals surface area (Å²) in [5, 5.41) is 2.18. The first-order valence-electron chi connectivity index (χ1n) is 7.72. The van der Waals surface area contributed by atoms with Gasteiger partial charge in [0, 0.05) is 20.2 Å². The van der Waals surface area contributed by atoms with Crippen molar-refractivity contribution in [2.75, 3.05) is 23.9 Å². The number of nitrogens with one attached hydrogen (secondary N) is 1. The Balaban J connectivity index is 2.00. The van der Waals surface area contributed by atoms with Crippen molar-refractivity contribution >= 4 is 51.4 Å². The van der Waals surface area contributed by atoms with E-state index < -0.39 is 17.8 Å². The summed E-state index contributed by atoms with van der Waals surface area (Å²) in [6.45, 7) is 1.90. The molecule has 4 amide bonds. The fraction of sp³-hybridized carbons (Fsp3) is 0.167. The van der Waals surface area contributed by atoms with Crippen molar-refractivity contribution in [1.29, 1.82) is 0 Å². The molecule has 0 saturated carbocycles. The Bertz CT molecular complexity index is 928. The van der Waals surface area contributed by atoms with Crippen molar-refractivity contribution in [1.82, 2.24) is 5.32 Å². The van der Waals surface area contributed by atoms with Gasteiger partial charge in [0.2, 0.25) is 5.88 Å². The van der Waals surface area contributed by atoms with Gasteiger partial charge in [-0.15, -0.1) is 0 Å². The van der Waals surface area contributed by atoms with Crippen molar-refractivity contribution in [3.05, 3.63) is 51.7 Å². The Hall–Kier alpha value is -2.87. The molecule has 1 aromatic carbocycles. The van der Waals surface area contributed by atoms with E-state index in [1.165, 1.54) is 6.08 Å². The molecule has 0 bridgehead atoms. The van der Waals surface area contributed by atoms with Crippen LogP contribution in [0.2, 0.25) is 0 Å². The Labute approximate surface area is 158 Å². The van der Waals surface area contributed by atoms with Crippen LogP contribution in [0.15, 0.2) is 44.8 Å². The lowest BCUT2D eigenvalue weighted by Gasteiger charge is -2.26. The molecular weight excluding hydrogens is 402 g/mol. The number of imide groups is 2. The zero-order chi connectivity index (χ0) is 19.0. The average molecular weight is 418 g/mol. The first kappa shape index (κ1) is 17.9. The van der Waals surface area contributed by atoms with E-state index in [2.05, 4.69) is 21.2 Å². The Kier molecular flexibility index (Phi) is 4.69. The smallest absolute Gasteiger partial charge is 0.335 e. The van der Waals surface area contributed by atoms with Gasteiger partial charge < -0.3 is 9.32 Å². The molecule has 8 heteroatoms. The largest absolute Gasteiger partial charge is 0.440 e. The number of amides is 4. The van der Waals surface area contributed by atoms with E-state index in [9.17, 15) is 14.4 Å². The maximum atomic E-state index is 12.8. The Morgan fingerprint density at radius 2 is 1.81 bits per heavy atom. The van der Waals surface area contributed by atoms with Crippen molar-refractivity contribution < 1.29 is 18.8 Å². The summed E-state index contributed by atoms with van der Waals surface area (Å²) < 4.78 is 6.31. The monoisotopic (exact) mass is 417 g/mol.